The van der Waals surface area contributed by atoms with E-state index in [4.69, 9.17) is 39.4 Å². The number of carboxylic acids is 1. The molecule has 4 rings (SSSR count). The zero-order valence-electron chi connectivity index (χ0n) is 23.9. The summed E-state index contributed by atoms with van der Waals surface area (Å²) in [6.45, 7) is 5.79. The molecule has 228 valence electrons. The van der Waals surface area contributed by atoms with Gasteiger partial charge >= 0.3 is 5.97 Å². The molecule has 3 aromatic carbocycles. The van der Waals surface area contributed by atoms with Gasteiger partial charge in [-0.25, -0.2) is 8.78 Å². The van der Waals surface area contributed by atoms with Crippen LogP contribution in [0.15, 0.2) is 54.6 Å². The Kier molecular flexibility index (Phi) is 10.3. The number of rotatable bonds is 6. The van der Waals surface area contributed by atoms with Crippen LogP contribution in [0.1, 0.15) is 54.6 Å². The van der Waals surface area contributed by atoms with Crippen LogP contribution in [0.2, 0.25) is 10.0 Å². The van der Waals surface area contributed by atoms with Crippen LogP contribution in [-0.4, -0.2) is 36.2 Å². The first-order valence-corrected chi connectivity index (χ1v) is 13.9. The molecule has 0 unspecified atom stereocenters. The van der Waals surface area contributed by atoms with Gasteiger partial charge in [0, 0.05) is 34.3 Å². The first-order valence-electron chi connectivity index (χ1n) is 13.1. The van der Waals surface area contributed by atoms with Crippen molar-refractivity contribution in [1.29, 1.82) is 5.26 Å². The molecule has 8 nitrogen and oxygen atoms in total. The Balaban J connectivity index is 0.000000353. The molecule has 0 aromatic heterocycles. The van der Waals surface area contributed by atoms with Crippen molar-refractivity contribution in [3.63, 3.8) is 0 Å². The summed E-state index contributed by atoms with van der Waals surface area (Å²) >= 11 is 11.9. The molecule has 1 aliphatic heterocycles. The second-order valence-corrected chi connectivity index (χ2v) is 12.2. The molecule has 0 spiro atoms. The lowest BCUT2D eigenvalue weighted by molar-refractivity contribution is -0.139. The molecule has 1 amide bonds. The number of carbonyl (C=O) groups excluding carboxylic acids is 1. The summed E-state index contributed by atoms with van der Waals surface area (Å²) in [6, 6.07) is 12.9. The van der Waals surface area contributed by atoms with Crippen LogP contribution < -0.4 is 21.5 Å². The molecule has 1 fully saturated rings. The van der Waals surface area contributed by atoms with Crippen molar-refractivity contribution in [3.8, 4) is 11.8 Å². The predicted octanol–water partition coefficient (Wildman–Crippen LogP) is 6.05. The minimum absolute atomic E-state index is 0.0331. The lowest BCUT2D eigenvalue weighted by Crippen LogP contribution is -2.44. The number of hydrogen-bond donors (Lipinski definition) is 4. The third kappa shape index (κ3) is 7.02. The fourth-order valence-electron chi connectivity index (χ4n) is 5.45. The first-order chi connectivity index (χ1) is 20.1. The number of amides is 1. The van der Waals surface area contributed by atoms with Crippen LogP contribution in [0.4, 0.5) is 14.5 Å². The van der Waals surface area contributed by atoms with Gasteiger partial charge < -0.3 is 21.3 Å². The second-order valence-electron chi connectivity index (χ2n) is 11.3. The number of hydrogen-bond acceptors (Lipinski definition) is 6. The molecule has 4 atom stereocenters. The third-order valence-corrected chi connectivity index (χ3v) is 7.73. The number of nitriles is 1. The lowest BCUT2D eigenvalue weighted by Gasteiger charge is -2.37. The van der Waals surface area contributed by atoms with Gasteiger partial charge in [-0.05, 0) is 47.7 Å². The average molecular weight is 634 g/mol. The molecule has 43 heavy (non-hydrogen) atoms. The molecule has 6 N–H and O–H groups in total. The van der Waals surface area contributed by atoms with E-state index in [1.807, 2.05) is 20.8 Å². The van der Waals surface area contributed by atoms with Crippen LogP contribution in [0.25, 0.3) is 0 Å². The first kappa shape index (κ1) is 33.6. The summed E-state index contributed by atoms with van der Waals surface area (Å²) in [5, 5.41) is 23.4. The Morgan fingerprint density at radius 1 is 1.14 bits per heavy atom. The smallest absolute Gasteiger partial charge is 0.321 e. The van der Waals surface area contributed by atoms with Crippen molar-refractivity contribution in [2.45, 2.75) is 50.6 Å². The Morgan fingerprint density at radius 2 is 1.81 bits per heavy atom. The normalized spacial score (nSPS) is 21.3. The Labute approximate surface area is 258 Å². The van der Waals surface area contributed by atoms with Gasteiger partial charge in [-0.2, -0.15) is 5.26 Å². The van der Waals surface area contributed by atoms with E-state index < -0.39 is 46.9 Å². The van der Waals surface area contributed by atoms with Crippen LogP contribution in [0.3, 0.4) is 0 Å². The molecule has 0 aliphatic carbocycles. The summed E-state index contributed by atoms with van der Waals surface area (Å²) in [6.07, 6.45) is 0.338. The number of benzene rings is 3. The van der Waals surface area contributed by atoms with E-state index in [1.165, 1.54) is 43.5 Å². The van der Waals surface area contributed by atoms with Crippen LogP contribution in [-0.2, 0) is 10.2 Å². The number of halogens is 4. The number of primary amides is 1. The number of carbonyl (C=O) groups is 2. The van der Waals surface area contributed by atoms with Gasteiger partial charge in [0.05, 0.1) is 23.8 Å². The number of anilines is 1. The summed E-state index contributed by atoms with van der Waals surface area (Å²) in [5.41, 5.74) is 9.28. The molecule has 0 saturated carbocycles. The largest absolute Gasteiger partial charge is 0.496 e. The van der Waals surface area contributed by atoms with Gasteiger partial charge in [-0.3, -0.25) is 14.9 Å². The third-order valence-electron chi connectivity index (χ3n) is 7.21. The number of aliphatic carboxylic acids is 1. The van der Waals surface area contributed by atoms with Crippen molar-refractivity contribution < 1.29 is 28.2 Å². The minimum Gasteiger partial charge on any atom is -0.496 e. The summed E-state index contributed by atoms with van der Waals surface area (Å²) in [5.74, 6) is -4.21. The highest BCUT2D eigenvalue weighted by atomic mass is 35.5. The van der Waals surface area contributed by atoms with Gasteiger partial charge in [0.1, 0.15) is 28.8 Å². The number of carboxylic acid groups (broad SMARTS) is 1. The number of nitrogens with two attached hydrogens (primary N) is 2. The maximum atomic E-state index is 15.2. The quantitative estimate of drug-likeness (QED) is 0.241. The molecule has 1 saturated heterocycles. The highest BCUT2D eigenvalue weighted by Crippen LogP contribution is 2.52. The SMILES string of the molecule is CC(C)(C)C[C@@H]1N[C@@H](C(=O)O)[C@H](c2cccc(Cl)c2F)[C@@]1(C#N)c1ccc(Cl)cc1F.COc1cc(N)ccc1C(N)=O. The second kappa shape index (κ2) is 13.2. The topological polar surface area (TPSA) is 151 Å². The van der Waals surface area contributed by atoms with E-state index in [0.29, 0.717) is 23.4 Å². The number of methoxy groups -OCH3 is 1. The Morgan fingerprint density at radius 3 is 2.35 bits per heavy atom. The fourth-order valence-corrected chi connectivity index (χ4v) is 5.80. The zero-order valence-corrected chi connectivity index (χ0v) is 25.4. The maximum absolute atomic E-state index is 15.2. The van der Waals surface area contributed by atoms with Gasteiger partial charge in [0.2, 0.25) is 0 Å². The molecule has 0 bridgehead atoms. The van der Waals surface area contributed by atoms with Crippen LogP contribution in [0, 0.1) is 28.4 Å². The molecule has 0 radical (unpaired) electrons. The monoisotopic (exact) mass is 632 g/mol. The van der Waals surface area contributed by atoms with E-state index in [-0.39, 0.29) is 26.6 Å². The average Bonchev–Trinajstić information content (AvgIpc) is 3.23. The number of nitrogen functional groups attached to an aromatic ring is 1. The molecule has 3 aromatic rings. The van der Waals surface area contributed by atoms with E-state index in [0.717, 1.165) is 6.07 Å². The highest BCUT2D eigenvalue weighted by molar-refractivity contribution is 6.31. The number of ether oxygens (including phenoxy) is 1. The Bertz CT molecular complexity index is 1570. The highest BCUT2D eigenvalue weighted by Gasteiger charge is 2.61. The van der Waals surface area contributed by atoms with Crippen molar-refractivity contribution in [2.75, 3.05) is 12.8 Å². The van der Waals surface area contributed by atoms with Gasteiger partial charge in [0.15, 0.2) is 0 Å². The van der Waals surface area contributed by atoms with Crippen molar-refractivity contribution in [1.82, 2.24) is 5.32 Å². The summed E-state index contributed by atoms with van der Waals surface area (Å²) in [7, 11) is 1.46. The van der Waals surface area contributed by atoms with E-state index in [9.17, 15) is 20.0 Å². The van der Waals surface area contributed by atoms with Gasteiger partial charge in [-0.15, -0.1) is 0 Å². The number of nitrogens with one attached hydrogen (secondary N) is 1. The van der Waals surface area contributed by atoms with E-state index in [2.05, 4.69) is 11.4 Å². The molecule has 1 heterocycles. The maximum Gasteiger partial charge on any atom is 0.321 e. The van der Waals surface area contributed by atoms with Crippen molar-refractivity contribution in [3.05, 3.63) is 93.0 Å². The van der Waals surface area contributed by atoms with Gasteiger partial charge in [-0.1, -0.05) is 62.2 Å². The fraction of sp³-hybridized carbons (Fsp3) is 0.323. The van der Waals surface area contributed by atoms with Crippen molar-refractivity contribution >= 4 is 40.8 Å². The van der Waals surface area contributed by atoms with E-state index >= 15 is 8.78 Å². The number of nitrogens with zero attached hydrogens (tertiary/aromatic N) is 1. The van der Waals surface area contributed by atoms with E-state index in [1.54, 1.807) is 12.1 Å². The Hall–Kier alpha value is -3.91. The molecule has 1 aliphatic rings. The van der Waals surface area contributed by atoms with Crippen molar-refractivity contribution in [2.24, 2.45) is 11.1 Å². The minimum atomic E-state index is -1.73. The van der Waals surface area contributed by atoms with Crippen LogP contribution >= 0.6 is 23.2 Å². The molecular weight excluding hydrogens is 601 g/mol. The van der Waals surface area contributed by atoms with Crippen LogP contribution in [0.5, 0.6) is 5.75 Å². The summed E-state index contributed by atoms with van der Waals surface area (Å²) in [4.78, 5) is 23.0. The predicted molar refractivity (Wildman–Crippen MR) is 161 cm³/mol. The molecule has 12 heteroatoms. The van der Waals surface area contributed by atoms with Gasteiger partial charge in [0.25, 0.3) is 5.91 Å². The standard InChI is InChI=1S/C23H22Cl2F2N2O2.C8H10N2O2/c1-22(2,3)10-17-23(11-28,14-8-7-12(24)9-16(14)26)18(20(29-17)21(30)31)13-5-4-6-15(25)19(13)27;1-12-7-4-5(9)2-3-6(7)8(10)11/h4-9,17-18,20,29H,10H2,1-3H3,(H,30,31);2-4H,9H2,1H3,(H2,10,11)/t17-,18-,20+,23-;/m0./s1. The zero-order chi connectivity index (χ0) is 32.3. The lowest BCUT2D eigenvalue weighted by atomic mass is 9.62. The molecular formula is C31H32Cl2F2N4O4. The summed E-state index contributed by atoms with van der Waals surface area (Å²) < 4.78 is 35.3.